The maximum Gasteiger partial charge on any atom is 0.283 e. The van der Waals surface area contributed by atoms with E-state index in [0.29, 0.717) is 39.6 Å². The first-order chi connectivity index (χ1) is 15.4. The van der Waals surface area contributed by atoms with Crippen LogP contribution in [0.25, 0.3) is 0 Å². The van der Waals surface area contributed by atoms with Gasteiger partial charge in [0.1, 0.15) is 22.1 Å². The number of hydrogen-bond acceptors (Lipinski definition) is 7. The summed E-state index contributed by atoms with van der Waals surface area (Å²) in [5, 5.41) is 0.413. The molecule has 0 saturated heterocycles. The molecule has 2 aromatic heterocycles. The molecular formula is C22H15Cl2FN4O3. The first kappa shape index (κ1) is 20.7. The summed E-state index contributed by atoms with van der Waals surface area (Å²) >= 11 is 11.9. The Bertz CT molecular complexity index is 1280. The Balaban J connectivity index is 1.61. The van der Waals surface area contributed by atoms with Crippen molar-refractivity contribution < 1.29 is 18.7 Å². The molecule has 0 saturated carbocycles. The highest BCUT2D eigenvalue weighted by Crippen LogP contribution is 2.53. The van der Waals surface area contributed by atoms with Crippen LogP contribution in [0.2, 0.25) is 10.2 Å². The van der Waals surface area contributed by atoms with Gasteiger partial charge in [0.25, 0.3) is 12.0 Å². The number of benzene rings is 1. The summed E-state index contributed by atoms with van der Waals surface area (Å²) in [7, 11) is 0. The summed E-state index contributed by atoms with van der Waals surface area (Å²) in [4.78, 5) is 25.0. The van der Waals surface area contributed by atoms with Crippen LogP contribution in [0, 0.1) is 5.95 Å². The molecule has 0 unspecified atom stereocenters. The van der Waals surface area contributed by atoms with Crippen LogP contribution < -0.4 is 10.5 Å². The number of amidine groups is 1. The third kappa shape index (κ3) is 3.45. The average molecular weight is 473 g/mol. The van der Waals surface area contributed by atoms with Gasteiger partial charge in [-0.1, -0.05) is 29.3 Å². The molecule has 5 rings (SSSR count). The van der Waals surface area contributed by atoms with Crippen LogP contribution in [-0.2, 0) is 16.7 Å². The zero-order chi connectivity index (χ0) is 22.5. The fourth-order valence-corrected chi connectivity index (χ4v) is 4.31. The van der Waals surface area contributed by atoms with E-state index in [2.05, 4.69) is 15.0 Å². The molecule has 0 fully saturated rings. The molecule has 10 heteroatoms. The first-order valence-electron chi connectivity index (χ1n) is 9.66. The van der Waals surface area contributed by atoms with Gasteiger partial charge in [-0.05, 0) is 35.9 Å². The highest BCUT2D eigenvalue weighted by Gasteiger charge is 2.46. The monoisotopic (exact) mass is 472 g/mol. The van der Waals surface area contributed by atoms with Crippen molar-refractivity contribution in [3.05, 3.63) is 81.1 Å². The molecule has 0 amide bonds. The Kier molecular flexibility index (Phi) is 4.98. The van der Waals surface area contributed by atoms with E-state index < -0.39 is 11.5 Å². The number of carbonyl (C=O) groups excluding carboxylic acids is 1. The van der Waals surface area contributed by atoms with Crippen molar-refractivity contribution in [2.75, 3.05) is 6.61 Å². The molecule has 4 heterocycles. The van der Waals surface area contributed by atoms with Crippen LogP contribution in [0.15, 0.2) is 47.6 Å². The number of hydrogen-bond donors (Lipinski definition) is 1. The highest BCUT2D eigenvalue weighted by molar-refractivity contribution is 6.30. The number of nitrogens with two attached hydrogens (primary N) is 1. The maximum atomic E-state index is 14.6. The van der Waals surface area contributed by atoms with Crippen LogP contribution in [0.1, 0.15) is 33.6 Å². The number of Topliss-reactive ketones (excluding diaryl/α,β-unsaturated/α-hetero) is 1. The van der Waals surface area contributed by atoms with Gasteiger partial charge in [0.15, 0.2) is 11.5 Å². The van der Waals surface area contributed by atoms with E-state index in [1.165, 1.54) is 12.3 Å². The molecule has 32 heavy (non-hydrogen) atoms. The van der Waals surface area contributed by atoms with Gasteiger partial charge in [0, 0.05) is 30.2 Å². The van der Waals surface area contributed by atoms with E-state index in [1.807, 2.05) is 0 Å². The van der Waals surface area contributed by atoms with Gasteiger partial charge in [-0.3, -0.25) is 9.78 Å². The number of nitrogens with zero attached hydrogens (tertiary/aromatic N) is 3. The zero-order valence-electron chi connectivity index (χ0n) is 16.4. The van der Waals surface area contributed by atoms with Crippen molar-refractivity contribution in [2.24, 2.45) is 10.7 Å². The zero-order valence-corrected chi connectivity index (χ0v) is 18.0. The Morgan fingerprint density at radius 3 is 2.78 bits per heavy atom. The molecule has 1 spiro atoms. The van der Waals surface area contributed by atoms with Crippen LogP contribution in [0.4, 0.5) is 4.39 Å². The van der Waals surface area contributed by atoms with E-state index >= 15 is 0 Å². The van der Waals surface area contributed by atoms with Gasteiger partial charge in [-0.25, -0.2) is 9.98 Å². The molecule has 0 aliphatic carbocycles. The topological polar surface area (TPSA) is 99.7 Å². The SMILES string of the molecule is NC1=N[C@@]2(CCO1)c1cc(CC(=O)c3ccc(Cl)cn3)ccc1Oc1c2cc(Cl)nc1F. The lowest BCUT2D eigenvalue weighted by Gasteiger charge is -2.39. The molecule has 2 N–H and O–H groups in total. The van der Waals surface area contributed by atoms with Gasteiger partial charge >= 0.3 is 0 Å². The number of aromatic nitrogens is 2. The standard InChI is InChI=1S/C22H15Cl2FN4O3/c23-12-2-3-15(27-10-12)16(30)8-11-1-4-17-13(7-11)22(5-6-31-21(26)29-22)14-9-18(24)28-20(25)19(14)32-17/h1-4,7,9-10H,5-6,8H2,(H2,26,29)/t22-/m0/s1. The number of fused-ring (bicyclic) bond motifs is 4. The normalized spacial score (nSPS) is 18.8. The molecule has 3 aromatic rings. The summed E-state index contributed by atoms with van der Waals surface area (Å²) in [5.74, 6) is -0.693. The number of carbonyl (C=O) groups is 1. The van der Waals surface area contributed by atoms with Crippen molar-refractivity contribution in [1.29, 1.82) is 0 Å². The number of halogens is 3. The first-order valence-corrected chi connectivity index (χ1v) is 10.4. The van der Waals surface area contributed by atoms with Gasteiger partial charge < -0.3 is 15.2 Å². The fraction of sp³-hybridized carbons (Fsp3) is 0.182. The minimum atomic E-state index is -1.09. The van der Waals surface area contributed by atoms with E-state index in [-0.39, 0.29) is 35.7 Å². The summed E-state index contributed by atoms with van der Waals surface area (Å²) in [5.41, 5.74) is 6.86. The average Bonchev–Trinajstić information content (AvgIpc) is 2.76. The van der Waals surface area contributed by atoms with Gasteiger partial charge in [0.05, 0.1) is 11.6 Å². The molecule has 1 aromatic carbocycles. The van der Waals surface area contributed by atoms with Crippen LogP contribution in [0.5, 0.6) is 11.5 Å². The second kappa shape index (κ2) is 7.72. The minimum Gasteiger partial charge on any atom is -0.465 e. The Hall–Kier alpha value is -3.23. The highest BCUT2D eigenvalue weighted by atomic mass is 35.5. The van der Waals surface area contributed by atoms with Gasteiger partial charge in [-0.15, -0.1) is 0 Å². The second-order valence-electron chi connectivity index (χ2n) is 7.42. The Morgan fingerprint density at radius 1 is 1.19 bits per heavy atom. The van der Waals surface area contributed by atoms with Crippen LogP contribution >= 0.6 is 23.2 Å². The molecule has 2 aliphatic rings. The number of ketones is 1. The number of rotatable bonds is 3. The van der Waals surface area contributed by atoms with E-state index in [0.717, 1.165) is 0 Å². The predicted octanol–water partition coefficient (Wildman–Crippen LogP) is 4.43. The van der Waals surface area contributed by atoms with Crippen molar-refractivity contribution in [3.63, 3.8) is 0 Å². The largest absolute Gasteiger partial charge is 0.465 e. The molecule has 2 aliphatic heterocycles. The van der Waals surface area contributed by atoms with Crippen molar-refractivity contribution in [2.45, 2.75) is 18.4 Å². The van der Waals surface area contributed by atoms with Gasteiger partial charge in [0.2, 0.25) is 0 Å². The smallest absolute Gasteiger partial charge is 0.283 e. The van der Waals surface area contributed by atoms with Crippen LogP contribution in [-0.4, -0.2) is 28.4 Å². The summed E-state index contributed by atoms with van der Waals surface area (Å²) < 4.78 is 25.8. The molecular weight excluding hydrogens is 458 g/mol. The third-order valence-electron chi connectivity index (χ3n) is 5.44. The second-order valence-corrected chi connectivity index (χ2v) is 8.24. The lowest BCUT2D eigenvalue weighted by molar-refractivity contribution is 0.0988. The predicted molar refractivity (Wildman–Crippen MR) is 116 cm³/mol. The number of pyridine rings is 2. The summed E-state index contributed by atoms with van der Waals surface area (Å²) in [6, 6.07) is 9.88. The van der Waals surface area contributed by atoms with E-state index in [1.54, 1.807) is 30.3 Å². The minimum absolute atomic E-state index is 0.0322. The lowest BCUT2D eigenvalue weighted by atomic mass is 9.77. The summed E-state index contributed by atoms with van der Waals surface area (Å²) in [6.45, 7) is 0.258. The molecule has 1 atom stereocenters. The van der Waals surface area contributed by atoms with Gasteiger partial charge in [-0.2, -0.15) is 4.39 Å². The Morgan fingerprint density at radius 2 is 2.03 bits per heavy atom. The number of ether oxygens (including phenoxy) is 2. The molecule has 0 bridgehead atoms. The quantitative estimate of drug-likeness (QED) is 0.446. The van der Waals surface area contributed by atoms with Crippen molar-refractivity contribution >= 4 is 35.0 Å². The van der Waals surface area contributed by atoms with Crippen molar-refractivity contribution in [1.82, 2.24) is 9.97 Å². The summed E-state index contributed by atoms with van der Waals surface area (Å²) in [6.07, 6.45) is 1.88. The van der Waals surface area contributed by atoms with E-state index in [4.69, 9.17) is 38.4 Å². The van der Waals surface area contributed by atoms with Crippen LogP contribution in [0.3, 0.4) is 0 Å². The Labute approximate surface area is 192 Å². The maximum absolute atomic E-state index is 14.6. The lowest BCUT2D eigenvalue weighted by Crippen LogP contribution is -2.39. The fourth-order valence-electron chi connectivity index (χ4n) is 4.02. The third-order valence-corrected chi connectivity index (χ3v) is 5.86. The van der Waals surface area contributed by atoms with Crippen molar-refractivity contribution in [3.8, 4) is 11.5 Å². The number of aliphatic imine (C=N–C) groups is 1. The molecule has 0 radical (unpaired) electrons. The van der Waals surface area contributed by atoms with E-state index in [9.17, 15) is 9.18 Å². The molecule has 162 valence electrons. The molecule has 7 nitrogen and oxygen atoms in total.